The van der Waals surface area contributed by atoms with E-state index in [-0.39, 0.29) is 5.54 Å². The van der Waals surface area contributed by atoms with E-state index in [0.717, 1.165) is 0 Å². The topological polar surface area (TPSA) is 26.0 Å². The van der Waals surface area contributed by atoms with E-state index < -0.39 is 0 Å². The minimum atomic E-state index is 0.0894. The standard InChI is InChI=1S/C14H27N/c1-12-8-4-6-10-14(3,15)11-7-5-9-13(12)2/h4-11,15H2,1-3H3/b13-12-. The van der Waals surface area contributed by atoms with Gasteiger partial charge in [-0.25, -0.2) is 0 Å². The van der Waals surface area contributed by atoms with Gasteiger partial charge >= 0.3 is 0 Å². The summed E-state index contributed by atoms with van der Waals surface area (Å²) in [7, 11) is 0. The second-order valence-corrected chi connectivity index (χ2v) is 5.63. The van der Waals surface area contributed by atoms with Gasteiger partial charge in [0.1, 0.15) is 0 Å². The Hall–Kier alpha value is -0.300. The molecule has 0 spiro atoms. The SMILES string of the molecule is C/C1=C(\C)CCCCC(C)(N)CCCC1. The van der Waals surface area contributed by atoms with Crippen molar-refractivity contribution in [3.63, 3.8) is 0 Å². The molecule has 1 heteroatoms. The summed E-state index contributed by atoms with van der Waals surface area (Å²) in [4.78, 5) is 0. The van der Waals surface area contributed by atoms with Gasteiger partial charge < -0.3 is 5.73 Å². The molecule has 0 atom stereocenters. The molecule has 2 N–H and O–H groups in total. The van der Waals surface area contributed by atoms with Crippen LogP contribution < -0.4 is 5.73 Å². The van der Waals surface area contributed by atoms with Gasteiger partial charge in [0.25, 0.3) is 0 Å². The third kappa shape index (κ3) is 4.83. The van der Waals surface area contributed by atoms with E-state index in [1.807, 2.05) is 0 Å². The summed E-state index contributed by atoms with van der Waals surface area (Å²) in [5.74, 6) is 0. The van der Waals surface area contributed by atoms with Gasteiger partial charge in [0.15, 0.2) is 0 Å². The quantitative estimate of drug-likeness (QED) is 0.595. The van der Waals surface area contributed by atoms with E-state index >= 15 is 0 Å². The molecule has 0 heterocycles. The van der Waals surface area contributed by atoms with Crippen molar-refractivity contribution in [1.82, 2.24) is 0 Å². The molecule has 1 nitrogen and oxygen atoms in total. The van der Waals surface area contributed by atoms with Crippen LogP contribution in [0.2, 0.25) is 0 Å². The molecular formula is C14H27N. The van der Waals surface area contributed by atoms with Crippen molar-refractivity contribution in [3.8, 4) is 0 Å². The van der Waals surface area contributed by atoms with Crippen molar-refractivity contribution in [2.75, 3.05) is 0 Å². The Morgan fingerprint density at radius 2 is 1.27 bits per heavy atom. The lowest BCUT2D eigenvalue weighted by Crippen LogP contribution is -2.35. The van der Waals surface area contributed by atoms with Crippen LogP contribution in [0, 0.1) is 0 Å². The largest absolute Gasteiger partial charge is 0.325 e. The van der Waals surface area contributed by atoms with E-state index in [1.54, 1.807) is 11.1 Å². The molecule has 0 bridgehead atoms. The van der Waals surface area contributed by atoms with E-state index in [0.29, 0.717) is 0 Å². The molecule has 0 fully saturated rings. The summed E-state index contributed by atoms with van der Waals surface area (Å²) in [6, 6.07) is 0. The highest BCUT2D eigenvalue weighted by Crippen LogP contribution is 2.24. The Morgan fingerprint density at radius 1 is 0.867 bits per heavy atom. The molecule has 0 aromatic heterocycles. The van der Waals surface area contributed by atoms with E-state index in [1.165, 1.54) is 51.4 Å². The van der Waals surface area contributed by atoms with Crippen molar-refractivity contribution in [2.45, 2.75) is 77.7 Å². The summed E-state index contributed by atoms with van der Waals surface area (Å²) in [6.45, 7) is 6.82. The predicted molar refractivity (Wildman–Crippen MR) is 67.9 cm³/mol. The van der Waals surface area contributed by atoms with Crippen LogP contribution in [-0.4, -0.2) is 5.54 Å². The van der Waals surface area contributed by atoms with Crippen molar-refractivity contribution < 1.29 is 0 Å². The Bertz CT molecular complexity index is 203. The molecule has 0 saturated heterocycles. The van der Waals surface area contributed by atoms with E-state index in [2.05, 4.69) is 20.8 Å². The van der Waals surface area contributed by atoms with Gasteiger partial charge in [-0.05, 0) is 59.3 Å². The average Bonchev–Trinajstić information content (AvgIpc) is 2.19. The normalized spacial score (nSPS) is 29.6. The Balaban J connectivity index is 2.53. The first-order valence-electron chi connectivity index (χ1n) is 6.45. The van der Waals surface area contributed by atoms with E-state index in [9.17, 15) is 0 Å². The maximum atomic E-state index is 6.27. The molecule has 0 aromatic rings. The predicted octanol–water partition coefficient (Wildman–Crippen LogP) is 4.17. The van der Waals surface area contributed by atoms with Gasteiger partial charge in [-0.3, -0.25) is 0 Å². The second kappa shape index (κ2) is 5.69. The van der Waals surface area contributed by atoms with Crippen molar-refractivity contribution in [2.24, 2.45) is 5.73 Å². The first kappa shape index (κ1) is 12.8. The molecule has 1 rings (SSSR count). The van der Waals surface area contributed by atoms with Gasteiger partial charge in [-0.1, -0.05) is 24.0 Å². The maximum Gasteiger partial charge on any atom is 0.0125 e. The van der Waals surface area contributed by atoms with Crippen LogP contribution in [0.15, 0.2) is 11.1 Å². The van der Waals surface area contributed by atoms with Gasteiger partial charge in [-0.15, -0.1) is 0 Å². The monoisotopic (exact) mass is 209 g/mol. The van der Waals surface area contributed by atoms with Crippen LogP contribution in [-0.2, 0) is 0 Å². The lowest BCUT2D eigenvalue weighted by Gasteiger charge is -2.24. The third-order valence-corrected chi connectivity index (χ3v) is 3.83. The zero-order valence-corrected chi connectivity index (χ0v) is 10.7. The Morgan fingerprint density at radius 3 is 1.67 bits per heavy atom. The number of nitrogens with two attached hydrogens (primary N) is 1. The molecule has 88 valence electrons. The van der Waals surface area contributed by atoms with Crippen molar-refractivity contribution >= 4 is 0 Å². The first-order valence-corrected chi connectivity index (χ1v) is 6.45. The smallest absolute Gasteiger partial charge is 0.0125 e. The molecule has 0 radical (unpaired) electrons. The highest BCUT2D eigenvalue weighted by atomic mass is 14.7. The van der Waals surface area contributed by atoms with Crippen LogP contribution in [0.3, 0.4) is 0 Å². The highest BCUT2D eigenvalue weighted by molar-refractivity contribution is 5.09. The van der Waals surface area contributed by atoms with Crippen LogP contribution in [0.5, 0.6) is 0 Å². The number of hydrogen-bond acceptors (Lipinski definition) is 1. The van der Waals surface area contributed by atoms with Crippen LogP contribution >= 0.6 is 0 Å². The molecule has 0 aromatic carbocycles. The molecular weight excluding hydrogens is 182 g/mol. The molecule has 0 aliphatic heterocycles. The first-order chi connectivity index (χ1) is 7.01. The van der Waals surface area contributed by atoms with Gasteiger partial charge in [0.05, 0.1) is 0 Å². The molecule has 1 aliphatic carbocycles. The molecule has 0 unspecified atom stereocenters. The van der Waals surface area contributed by atoms with E-state index in [4.69, 9.17) is 5.73 Å². The minimum absolute atomic E-state index is 0.0894. The van der Waals surface area contributed by atoms with Crippen molar-refractivity contribution in [1.29, 1.82) is 0 Å². The van der Waals surface area contributed by atoms with Crippen LogP contribution in [0.25, 0.3) is 0 Å². The zero-order chi connectivity index (χ0) is 11.3. The minimum Gasteiger partial charge on any atom is -0.325 e. The lowest BCUT2D eigenvalue weighted by molar-refractivity contribution is 0.372. The fourth-order valence-corrected chi connectivity index (χ4v) is 2.39. The summed E-state index contributed by atoms with van der Waals surface area (Å²) in [5, 5.41) is 0. The Labute approximate surface area is 95.1 Å². The number of rotatable bonds is 0. The fourth-order valence-electron chi connectivity index (χ4n) is 2.39. The summed E-state index contributed by atoms with van der Waals surface area (Å²) >= 11 is 0. The highest BCUT2D eigenvalue weighted by Gasteiger charge is 2.17. The third-order valence-electron chi connectivity index (χ3n) is 3.83. The van der Waals surface area contributed by atoms with Crippen molar-refractivity contribution in [3.05, 3.63) is 11.1 Å². The van der Waals surface area contributed by atoms with Gasteiger partial charge in [-0.2, -0.15) is 0 Å². The fraction of sp³-hybridized carbons (Fsp3) is 0.857. The molecule has 0 saturated carbocycles. The molecule has 0 amide bonds. The van der Waals surface area contributed by atoms with Crippen LogP contribution in [0.1, 0.15) is 72.1 Å². The lowest BCUT2D eigenvalue weighted by atomic mass is 9.90. The second-order valence-electron chi connectivity index (χ2n) is 5.63. The molecule has 1 aliphatic rings. The number of allylic oxidation sites excluding steroid dienone is 2. The summed E-state index contributed by atoms with van der Waals surface area (Å²) in [6.07, 6.45) is 10.2. The maximum absolute atomic E-state index is 6.27. The van der Waals surface area contributed by atoms with Gasteiger partial charge in [0, 0.05) is 5.54 Å². The summed E-state index contributed by atoms with van der Waals surface area (Å²) < 4.78 is 0. The van der Waals surface area contributed by atoms with Crippen LogP contribution in [0.4, 0.5) is 0 Å². The Kier molecular flexibility index (Phi) is 4.85. The average molecular weight is 209 g/mol. The van der Waals surface area contributed by atoms with Gasteiger partial charge in [0.2, 0.25) is 0 Å². The zero-order valence-electron chi connectivity index (χ0n) is 10.7. The number of hydrogen-bond donors (Lipinski definition) is 1. The summed E-state index contributed by atoms with van der Waals surface area (Å²) in [5.41, 5.74) is 9.61. The molecule has 15 heavy (non-hydrogen) atoms.